The van der Waals surface area contributed by atoms with Crippen LogP contribution in [0.25, 0.3) is 0 Å². The summed E-state index contributed by atoms with van der Waals surface area (Å²) in [6, 6.07) is 5.72. The van der Waals surface area contributed by atoms with Crippen molar-refractivity contribution in [2.45, 2.75) is 31.6 Å². The van der Waals surface area contributed by atoms with Gasteiger partial charge in [0.1, 0.15) is 6.10 Å². The van der Waals surface area contributed by atoms with Crippen LogP contribution in [-0.4, -0.2) is 56.6 Å². The zero-order valence-corrected chi connectivity index (χ0v) is 15.1. The summed E-state index contributed by atoms with van der Waals surface area (Å²) in [7, 11) is 1.62. The van der Waals surface area contributed by atoms with Crippen molar-refractivity contribution in [1.29, 1.82) is 0 Å². The normalized spacial score (nSPS) is 21.0. The van der Waals surface area contributed by atoms with Gasteiger partial charge in [-0.2, -0.15) is 0 Å². The number of hydrogen-bond acceptors (Lipinski definition) is 6. The van der Waals surface area contributed by atoms with Crippen molar-refractivity contribution in [2.24, 2.45) is 5.73 Å². The van der Waals surface area contributed by atoms with E-state index in [-0.39, 0.29) is 31.2 Å². The molecule has 1 saturated heterocycles. The van der Waals surface area contributed by atoms with Gasteiger partial charge in [-0.15, -0.1) is 12.4 Å². The fraction of sp³-hybridized carbons (Fsp3) is 0.588. The summed E-state index contributed by atoms with van der Waals surface area (Å²) >= 11 is 0. The molecule has 0 bridgehead atoms. The van der Waals surface area contributed by atoms with Gasteiger partial charge in [0.25, 0.3) is 5.91 Å². The third-order valence-electron chi connectivity index (χ3n) is 4.33. The number of fused-ring (bicyclic) bond motifs is 1. The van der Waals surface area contributed by atoms with E-state index in [4.69, 9.17) is 24.7 Å². The summed E-state index contributed by atoms with van der Waals surface area (Å²) in [4.78, 5) is 14.6. The Morgan fingerprint density at radius 3 is 2.84 bits per heavy atom. The molecule has 25 heavy (non-hydrogen) atoms. The van der Waals surface area contributed by atoms with Crippen LogP contribution in [0.2, 0.25) is 0 Å². The van der Waals surface area contributed by atoms with Crippen LogP contribution in [0.4, 0.5) is 0 Å². The van der Waals surface area contributed by atoms with E-state index in [0.717, 1.165) is 17.7 Å². The van der Waals surface area contributed by atoms with Gasteiger partial charge in [0.2, 0.25) is 6.79 Å². The standard InChI is InChI=1S/C17H24N2O5.ClH/c1-21-7-6-19(17(20)15-5-3-13(9-18)24-15)10-12-2-4-14-16(8-12)23-11-22-14;/h2,4,8,13,15H,3,5-7,9-11,18H2,1H3;1H/t13-,15+;/m1./s1. The minimum atomic E-state index is -0.413. The number of carbonyl (C=O) groups is 1. The molecule has 2 atom stereocenters. The summed E-state index contributed by atoms with van der Waals surface area (Å²) in [5.41, 5.74) is 6.62. The van der Waals surface area contributed by atoms with Gasteiger partial charge >= 0.3 is 0 Å². The molecule has 2 aliphatic heterocycles. The molecule has 0 aliphatic carbocycles. The molecule has 0 radical (unpaired) electrons. The first-order valence-corrected chi connectivity index (χ1v) is 8.23. The van der Waals surface area contributed by atoms with E-state index in [1.165, 1.54) is 0 Å². The van der Waals surface area contributed by atoms with Crippen LogP contribution in [0.5, 0.6) is 11.5 Å². The van der Waals surface area contributed by atoms with Gasteiger partial charge in [0.15, 0.2) is 11.5 Å². The quantitative estimate of drug-likeness (QED) is 0.777. The molecular weight excluding hydrogens is 348 g/mol. The molecule has 7 nitrogen and oxygen atoms in total. The van der Waals surface area contributed by atoms with Crippen LogP contribution in [0.15, 0.2) is 18.2 Å². The average molecular weight is 373 g/mol. The minimum Gasteiger partial charge on any atom is -0.454 e. The van der Waals surface area contributed by atoms with E-state index >= 15 is 0 Å². The number of hydrogen-bond donors (Lipinski definition) is 1. The maximum atomic E-state index is 12.8. The summed E-state index contributed by atoms with van der Waals surface area (Å²) in [5, 5.41) is 0. The Morgan fingerprint density at radius 2 is 2.12 bits per heavy atom. The number of rotatable bonds is 7. The number of ether oxygens (including phenoxy) is 4. The van der Waals surface area contributed by atoms with Crippen molar-refractivity contribution in [3.63, 3.8) is 0 Å². The number of amides is 1. The Hall–Kier alpha value is -1.54. The molecule has 2 heterocycles. The van der Waals surface area contributed by atoms with Crippen molar-refractivity contribution in [1.82, 2.24) is 4.90 Å². The zero-order chi connectivity index (χ0) is 16.9. The van der Waals surface area contributed by atoms with E-state index in [9.17, 15) is 4.79 Å². The van der Waals surface area contributed by atoms with Crippen molar-refractivity contribution in [2.75, 3.05) is 33.6 Å². The van der Waals surface area contributed by atoms with Crippen molar-refractivity contribution >= 4 is 18.3 Å². The monoisotopic (exact) mass is 372 g/mol. The first kappa shape index (κ1) is 19.8. The topological polar surface area (TPSA) is 83.2 Å². The largest absolute Gasteiger partial charge is 0.454 e. The summed E-state index contributed by atoms with van der Waals surface area (Å²) in [6.45, 7) is 2.15. The molecule has 1 fully saturated rings. The summed E-state index contributed by atoms with van der Waals surface area (Å²) in [5.74, 6) is 1.44. The fourth-order valence-corrected chi connectivity index (χ4v) is 2.99. The maximum Gasteiger partial charge on any atom is 0.252 e. The molecule has 1 amide bonds. The average Bonchev–Trinajstić information content (AvgIpc) is 3.26. The second kappa shape index (κ2) is 9.24. The van der Waals surface area contributed by atoms with Crippen LogP contribution >= 0.6 is 12.4 Å². The molecule has 0 unspecified atom stereocenters. The first-order valence-electron chi connectivity index (χ1n) is 8.23. The van der Waals surface area contributed by atoms with Crippen LogP contribution in [0.1, 0.15) is 18.4 Å². The van der Waals surface area contributed by atoms with E-state index in [2.05, 4.69) is 0 Å². The third-order valence-corrected chi connectivity index (χ3v) is 4.33. The van der Waals surface area contributed by atoms with Crippen molar-refractivity contribution < 1.29 is 23.7 Å². The Bertz CT molecular complexity index is 586. The van der Waals surface area contributed by atoms with E-state index in [1.54, 1.807) is 12.0 Å². The summed E-state index contributed by atoms with van der Waals surface area (Å²) in [6.07, 6.45) is 1.11. The molecule has 2 aliphatic rings. The Morgan fingerprint density at radius 1 is 1.32 bits per heavy atom. The highest BCUT2D eigenvalue weighted by Crippen LogP contribution is 2.33. The van der Waals surface area contributed by atoms with E-state index < -0.39 is 6.10 Å². The van der Waals surface area contributed by atoms with Crippen LogP contribution in [0.3, 0.4) is 0 Å². The maximum absolute atomic E-state index is 12.8. The molecule has 1 aromatic rings. The second-order valence-corrected chi connectivity index (χ2v) is 6.00. The SMILES string of the molecule is COCCN(Cc1ccc2c(c1)OCO2)C(=O)[C@@H]1CC[C@H](CN)O1.Cl. The van der Waals surface area contributed by atoms with Gasteiger partial charge in [0.05, 0.1) is 12.7 Å². The predicted molar refractivity (Wildman–Crippen MR) is 94.1 cm³/mol. The lowest BCUT2D eigenvalue weighted by Crippen LogP contribution is -2.41. The van der Waals surface area contributed by atoms with Gasteiger partial charge in [-0.3, -0.25) is 4.79 Å². The molecular formula is C17H25ClN2O5. The first-order chi connectivity index (χ1) is 11.7. The van der Waals surface area contributed by atoms with Crippen molar-refractivity contribution in [3.05, 3.63) is 23.8 Å². The molecule has 0 saturated carbocycles. The molecule has 8 heteroatoms. The second-order valence-electron chi connectivity index (χ2n) is 6.00. The highest BCUT2D eigenvalue weighted by atomic mass is 35.5. The smallest absolute Gasteiger partial charge is 0.252 e. The predicted octanol–water partition coefficient (Wildman–Crippen LogP) is 1.32. The number of methoxy groups -OCH3 is 1. The molecule has 2 N–H and O–H groups in total. The third kappa shape index (κ3) is 4.76. The lowest BCUT2D eigenvalue weighted by atomic mass is 10.1. The summed E-state index contributed by atoms with van der Waals surface area (Å²) < 4.78 is 21.6. The lowest BCUT2D eigenvalue weighted by Gasteiger charge is -2.25. The van der Waals surface area contributed by atoms with E-state index in [1.807, 2.05) is 18.2 Å². The molecule has 1 aromatic carbocycles. The number of carbonyl (C=O) groups excluding carboxylic acids is 1. The van der Waals surface area contributed by atoms with Crippen LogP contribution < -0.4 is 15.2 Å². The minimum absolute atomic E-state index is 0. The van der Waals surface area contributed by atoms with Crippen LogP contribution in [0, 0.1) is 0 Å². The number of halogens is 1. The molecule has 0 aromatic heterocycles. The van der Waals surface area contributed by atoms with Gasteiger partial charge < -0.3 is 29.6 Å². The Balaban J connectivity index is 0.00000225. The fourth-order valence-electron chi connectivity index (χ4n) is 2.99. The van der Waals surface area contributed by atoms with Gasteiger partial charge in [-0.05, 0) is 30.5 Å². The molecule has 140 valence electrons. The zero-order valence-electron chi connectivity index (χ0n) is 14.3. The lowest BCUT2D eigenvalue weighted by molar-refractivity contribution is -0.144. The van der Waals surface area contributed by atoms with E-state index in [0.29, 0.717) is 38.4 Å². The molecule has 0 spiro atoms. The highest BCUT2D eigenvalue weighted by molar-refractivity contribution is 5.85. The molecule has 3 rings (SSSR count). The number of nitrogens with two attached hydrogens (primary N) is 1. The van der Waals surface area contributed by atoms with Gasteiger partial charge in [-0.1, -0.05) is 6.07 Å². The number of nitrogens with zero attached hydrogens (tertiary/aromatic N) is 1. The van der Waals surface area contributed by atoms with Gasteiger partial charge in [0, 0.05) is 26.7 Å². The van der Waals surface area contributed by atoms with Crippen LogP contribution in [-0.2, 0) is 20.8 Å². The van der Waals surface area contributed by atoms with Gasteiger partial charge in [-0.25, -0.2) is 0 Å². The highest BCUT2D eigenvalue weighted by Gasteiger charge is 2.33. The number of benzene rings is 1. The Kier molecular flexibility index (Phi) is 7.31. The Labute approximate surface area is 153 Å². The van der Waals surface area contributed by atoms with Crippen molar-refractivity contribution in [3.8, 4) is 11.5 Å².